The van der Waals surface area contributed by atoms with Crippen LogP contribution in [0.2, 0.25) is 0 Å². The first kappa shape index (κ1) is 20.0. The highest BCUT2D eigenvalue weighted by Gasteiger charge is 2.00. The van der Waals surface area contributed by atoms with Crippen LogP contribution in [0.3, 0.4) is 0 Å². The van der Waals surface area contributed by atoms with E-state index in [2.05, 4.69) is 15.9 Å². The molecule has 0 aliphatic carbocycles. The number of hydrogen-bond acceptors (Lipinski definition) is 3. The van der Waals surface area contributed by atoms with E-state index in [1.54, 1.807) is 12.1 Å². The standard InChI is InChI=1S/C15H16O2.C7H7BrO/c1-12-9-15(8-7-14(12)10-16)17-11-13-5-3-2-4-6-13;1-5-4-6(9)2-3-7(5)8/h2-9,16H,10-11H2,1H3;2-4,9H,1H3. The van der Waals surface area contributed by atoms with E-state index in [1.165, 1.54) is 0 Å². The maximum Gasteiger partial charge on any atom is 0.120 e. The maximum absolute atomic E-state index is 9.08. The molecule has 0 heterocycles. The molecule has 3 nitrogen and oxygen atoms in total. The van der Waals surface area contributed by atoms with Gasteiger partial charge in [0.2, 0.25) is 0 Å². The lowest BCUT2D eigenvalue weighted by Crippen LogP contribution is -1.96. The molecule has 0 fully saturated rings. The molecule has 0 amide bonds. The third kappa shape index (κ3) is 6.21. The number of aliphatic hydroxyl groups excluding tert-OH is 1. The maximum atomic E-state index is 9.08. The predicted octanol–water partition coefficient (Wildman–Crippen LogP) is 5.53. The first-order valence-electron chi connectivity index (χ1n) is 8.32. The lowest BCUT2D eigenvalue weighted by Gasteiger charge is -2.09. The average Bonchev–Trinajstić information content (AvgIpc) is 2.65. The van der Waals surface area contributed by atoms with Crippen LogP contribution in [-0.4, -0.2) is 10.2 Å². The van der Waals surface area contributed by atoms with Gasteiger partial charge >= 0.3 is 0 Å². The van der Waals surface area contributed by atoms with Crippen molar-refractivity contribution in [2.24, 2.45) is 0 Å². The summed E-state index contributed by atoms with van der Waals surface area (Å²) in [4.78, 5) is 0. The molecular weight excluding hydrogens is 392 g/mol. The summed E-state index contributed by atoms with van der Waals surface area (Å²) in [6.07, 6.45) is 0. The van der Waals surface area contributed by atoms with E-state index in [1.807, 2.05) is 68.4 Å². The number of phenolic OH excluding ortho intramolecular Hbond substituents is 1. The second kappa shape index (κ2) is 10.00. The second-order valence-electron chi connectivity index (χ2n) is 5.95. The molecule has 3 aromatic carbocycles. The van der Waals surface area contributed by atoms with Crippen molar-refractivity contribution in [3.63, 3.8) is 0 Å². The van der Waals surface area contributed by atoms with Crippen LogP contribution < -0.4 is 4.74 Å². The Hall–Kier alpha value is -2.30. The van der Waals surface area contributed by atoms with E-state index < -0.39 is 0 Å². The Morgan fingerprint density at radius 1 is 0.885 bits per heavy atom. The van der Waals surface area contributed by atoms with Crippen molar-refractivity contribution >= 4 is 15.9 Å². The minimum atomic E-state index is 0.0742. The molecule has 0 radical (unpaired) electrons. The number of ether oxygens (including phenoxy) is 1. The summed E-state index contributed by atoms with van der Waals surface area (Å²) in [6, 6.07) is 21.0. The van der Waals surface area contributed by atoms with Crippen LogP contribution >= 0.6 is 15.9 Å². The molecule has 0 aliphatic rings. The Kier molecular flexibility index (Phi) is 7.70. The molecular formula is C22H23BrO3. The van der Waals surface area contributed by atoms with Crippen LogP contribution in [0.15, 0.2) is 71.2 Å². The first-order chi connectivity index (χ1) is 12.5. The largest absolute Gasteiger partial charge is 0.508 e. The molecule has 0 atom stereocenters. The van der Waals surface area contributed by atoms with Crippen molar-refractivity contribution < 1.29 is 14.9 Å². The van der Waals surface area contributed by atoms with Crippen LogP contribution in [-0.2, 0) is 13.2 Å². The van der Waals surface area contributed by atoms with Gasteiger partial charge in [0.05, 0.1) is 6.61 Å². The zero-order valence-electron chi connectivity index (χ0n) is 14.9. The van der Waals surface area contributed by atoms with Gasteiger partial charge in [0.1, 0.15) is 18.1 Å². The lowest BCUT2D eigenvalue weighted by atomic mass is 10.1. The smallest absolute Gasteiger partial charge is 0.120 e. The van der Waals surface area contributed by atoms with E-state index >= 15 is 0 Å². The monoisotopic (exact) mass is 414 g/mol. The summed E-state index contributed by atoms with van der Waals surface area (Å²) < 4.78 is 6.72. The van der Waals surface area contributed by atoms with Gasteiger partial charge in [-0.05, 0) is 66.4 Å². The zero-order valence-corrected chi connectivity index (χ0v) is 16.5. The molecule has 0 saturated heterocycles. The Balaban J connectivity index is 0.000000228. The number of aromatic hydroxyl groups is 1. The minimum absolute atomic E-state index is 0.0742. The van der Waals surface area contributed by atoms with Gasteiger partial charge in [0.25, 0.3) is 0 Å². The number of aliphatic hydroxyl groups is 1. The van der Waals surface area contributed by atoms with Gasteiger partial charge < -0.3 is 14.9 Å². The van der Waals surface area contributed by atoms with Crippen molar-refractivity contribution in [1.82, 2.24) is 0 Å². The van der Waals surface area contributed by atoms with Gasteiger partial charge in [-0.3, -0.25) is 0 Å². The number of aryl methyl sites for hydroxylation is 2. The van der Waals surface area contributed by atoms with Crippen LogP contribution in [0.5, 0.6) is 11.5 Å². The van der Waals surface area contributed by atoms with Crippen LogP contribution in [0.25, 0.3) is 0 Å². The molecule has 0 saturated carbocycles. The minimum Gasteiger partial charge on any atom is -0.508 e. The van der Waals surface area contributed by atoms with Crippen LogP contribution in [0, 0.1) is 13.8 Å². The van der Waals surface area contributed by atoms with Gasteiger partial charge in [0.15, 0.2) is 0 Å². The highest BCUT2D eigenvalue weighted by atomic mass is 79.9. The van der Waals surface area contributed by atoms with Gasteiger partial charge in [-0.2, -0.15) is 0 Å². The van der Waals surface area contributed by atoms with Crippen molar-refractivity contribution in [1.29, 1.82) is 0 Å². The number of phenols is 1. The second-order valence-corrected chi connectivity index (χ2v) is 6.81. The molecule has 0 aliphatic heterocycles. The summed E-state index contributed by atoms with van der Waals surface area (Å²) in [7, 11) is 0. The number of rotatable bonds is 4. The Labute approximate surface area is 163 Å². The molecule has 0 bridgehead atoms. The molecule has 0 unspecified atom stereocenters. The van der Waals surface area contributed by atoms with Crippen molar-refractivity contribution in [2.75, 3.05) is 0 Å². The van der Waals surface area contributed by atoms with Gasteiger partial charge in [0, 0.05) is 4.47 Å². The van der Waals surface area contributed by atoms with E-state index in [0.717, 1.165) is 32.5 Å². The quantitative estimate of drug-likeness (QED) is 0.589. The van der Waals surface area contributed by atoms with Gasteiger partial charge in [-0.1, -0.05) is 52.3 Å². The summed E-state index contributed by atoms with van der Waals surface area (Å²) in [5.74, 6) is 1.15. The van der Waals surface area contributed by atoms with Crippen LogP contribution in [0.1, 0.15) is 22.3 Å². The summed E-state index contributed by atoms with van der Waals surface area (Å²) in [6.45, 7) is 4.55. The fourth-order valence-corrected chi connectivity index (χ4v) is 2.55. The first-order valence-corrected chi connectivity index (χ1v) is 9.11. The van der Waals surface area contributed by atoms with Crippen molar-refractivity contribution in [2.45, 2.75) is 27.1 Å². The Morgan fingerprint density at radius 2 is 1.62 bits per heavy atom. The fraction of sp³-hybridized carbons (Fsp3) is 0.182. The van der Waals surface area contributed by atoms with Crippen molar-refractivity contribution in [3.8, 4) is 11.5 Å². The topological polar surface area (TPSA) is 49.7 Å². The number of halogens is 1. The summed E-state index contributed by atoms with van der Waals surface area (Å²) >= 11 is 3.32. The van der Waals surface area contributed by atoms with E-state index in [-0.39, 0.29) is 6.61 Å². The third-order valence-electron chi connectivity index (χ3n) is 3.87. The van der Waals surface area contributed by atoms with E-state index in [9.17, 15) is 0 Å². The molecule has 3 aromatic rings. The molecule has 0 spiro atoms. The number of benzene rings is 3. The highest BCUT2D eigenvalue weighted by Crippen LogP contribution is 2.20. The zero-order chi connectivity index (χ0) is 18.9. The molecule has 4 heteroatoms. The lowest BCUT2D eigenvalue weighted by molar-refractivity contribution is 0.280. The number of hydrogen-bond donors (Lipinski definition) is 2. The Morgan fingerprint density at radius 3 is 2.19 bits per heavy atom. The van der Waals surface area contributed by atoms with Crippen LogP contribution in [0.4, 0.5) is 0 Å². The molecule has 136 valence electrons. The summed E-state index contributed by atoms with van der Waals surface area (Å²) in [5, 5.41) is 18.0. The van der Waals surface area contributed by atoms with E-state index in [0.29, 0.717) is 12.4 Å². The summed E-state index contributed by atoms with van der Waals surface area (Å²) in [5.41, 5.74) is 4.20. The molecule has 3 rings (SSSR count). The fourth-order valence-electron chi connectivity index (χ4n) is 2.31. The molecule has 0 aromatic heterocycles. The normalized spacial score (nSPS) is 10.0. The van der Waals surface area contributed by atoms with E-state index in [4.69, 9.17) is 14.9 Å². The SMILES string of the molecule is Cc1cc(O)ccc1Br.Cc1cc(OCc2ccccc2)ccc1CO. The van der Waals surface area contributed by atoms with Crippen molar-refractivity contribution in [3.05, 3.63) is 93.5 Å². The van der Waals surface area contributed by atoms with Gasteiger partial charge in [-0.25, -0.2) is 0 Å². The van der Waals surface area contributed by atoms with Gasteiger partial charge in [-0.15, -0.1) is 0 Å². The third-order valence-corrected chi connectivity index (χ3v) is 4.76. The highest BCUT2D eigenvalue weighted by molar-refractivity contribution is 9.10. The Bertz CT molecular complexity index is 832. The molecule has 2 N–H and O–H groups in total. The molecule has 26 heavy (non-hydrogen) atoms. The predicted molar refractivity (Wildman–Crippen MR) is 108 cm³/mol. The average molecular weight is 415 g/mol.